The van der Waals surface area contributed by atoms with Gasteiger partial charge in [0.2, 0.25) is 9.84 Å². The van der Waals surface area contributed by atoms with Gasteiger partial charge in [0.05, 0.1) is 22.1 Å². The molecule has 33 heavy (non-hydrogen) atoms. The lowest BCUT2D eigenvalue weighted by atomic mass is 10.2. The molecule has 0 aliphatic heterocycles. The molecule has 164 valence electrons. The molecule has 5 rings (SSSR count). The summed E-state index contributed by atoms with van der Waals surface area (Å²) < 4.78 is 41.6. The first kappa shape index (κ1) is 21.0. The van der Waals surface area contributed by atoms with Crippen molar-refractivity contribution in [3.8, 4) is 0 Å². The number of nitrogens with zero attached hydrogens (tertiary/aromatic N) is 4. The summed E-state index contributed by atoms with van der Waals surface area (Å²) in [6.45, 7) is 0. The maximum atomic E-state index is 13.6. The van der Waals surface area contributed by atoms with E-state index >= 15 is 0 Å². The molecule has 2 N–H and O–H groups in total. The largest absolute Gasteiger partial charge is 0.382 e. The number of nitrogen functional groups attached to an aromatic ring is 1. The van der Waals surface area contributed by atoms with Crippen molar-refractivity contribution in [2.45, 2.75) is 9.79 Å². The van der Waals surface area contributed by atoms with E-state index in [1.807, 2.05) is 0 Å². The van der Waals surface area contributed by atoms with Crippen LogP contribution >= 0.6 is 11.6 Å². The normalized spacial score (nSPS) is 12.2. The Hall–Kier alpha value is -3.82. The van der Waals surface area contributed by atoms with Crippen LogP contribution in [0.25, 0.3) is 22.2 Å². The molecule has 0 radical (unpaired) electrons. The standard InChI is InChI=1S/C23H15ClFN5O2S/c24-15-4-3-5-17(12-15)33(31,32)21-20-23(29-19-7-2-1-6-18(19)28-20)30(22(21)26)27-13-14-8-10-16(25)11-9-14/h1-13H,26H2/b27-13-. The smallest absolute Gasteiger partial charge is 0.212 e. The third-order valence-electron chi connectivity index (χ3n) is 5.00. The molecule has 3 aromatic carbocycles. The molecule has 0 bridgehead atoms. The Balaban J connectivity index is 1.79. The predicted octanol–water partition coefficient (Wildman–Crippen LogP) is 4.67. The van der Waals surface area contributed by atoms with Gasteiger partial charge in [-0.15, -0.1) is 0 Å². The molecular formula is C23H15ClFN5O2S. The van der Waals surface area contributed by atoms with Crippen molar-refractivity contribution in [2.24, 2.45) is 5.10 Å². The highest BCUT2D eigenvalue weighted by Gasteiger charge is 2.30. The number of halogens is 2. The quantitative estimate of drug-likeness (QED) is 0.377. The number of nitrogens with two attached hydrogens (primary N) is 1. The molecular weight excluding hydrogens is 465 g/mol. The summed E-state index contributed by atoms with van der Waals surface area (Å²) >= 11 is 6.03. The van der Waals surface area contributed by atoms with E-state index in [-0.39, 0.29) is 37.6 Å². The third kappa shape index (κ3) is 3.71. The number of sulfone groups is 1. The van der Waals surface area contributed by atoms with E-state index in [0.29, 0.717) is 16.6 Å². The number of para-hydroxylation sites is 2. The minimum absolute atomic E-state index is 0.0294. The van der Waals surface area contributed by atoms with E-state index in [4.69, 9.17) is 17.3 Å². The highest BCUT2D eigenvalue weighted by atomic mass is 35.5. The van der Waals surface area contributed by atoms with Gasteiger partial charge in [-0.05, 0) is 48.0 Å². The second kappa shape index (κ2) is 7.95. The zero-order chi connectivity index (χ0) is 23.2. The van der Waals surface area contributed by atoms with E-state index in [2.05, 4.69) is 15.1 Å². The highest BCUT2D eigenvalue weighted by Crippen LogP contribution is 2.35. The van der Waals surface area contributed by atoms with Crippen LogP contribution in [-0.4, -0.2) is 29.3 Å². The number of hydrogen-bond acceptors (Lipinski definition) is 6. The molecule has 0 fully saturated rings. The Morgan fingerprint density at radius 3 is 2.36 bits per heavy atom. The fourth-order valence-corrected chi connectivity index (χ4v) is 5.21. The van der Waals surface area contributed by atoms with Crippen molar-refractivity contribution < 1.29 is 12.8 Å². The summed E-state index contributed by atoms with van der Waals surface area (Å²) in [6, 6.07) is 18.6. The number of anilines is 1. The Bertz CT molecular complexity index is 1660. The monoisotopic (exact) mass is 479 g/mol. The minimum atomic E-state index is -4.11. The number of benzene rings is 3. The fraction of sp³-hybridized carbons (Fsp3) is 0. The van der Waals surface area contributed by atoms with E-state index in [1.165, 1.54) is 47.3 Å². The Morgan fingerprint density at radius 2 is 1.67 bits per heavy atom. The SMILES string of the molecule is Nc1c(S(=O)(=O)c2cccc(Cl)c2)c2nc3ccccc3nc2n1/N=C\c1ccc(F)cc1. The molecule has 0 spiro atoms. The van der Waals surface area contributed by atoms with Gasteiger partial charge in [-0.1, -0.05) is 41.9 Å². The lowest BCUT2D eigenvalue weighted by molar-refractivity contribution is 0.597. The molecule has 0 unspecified atom stereocenters. The molecule has 0 amide bonds. The molecule has 2 heterocycles. The van der Waals surface area contributed by atoms with Gasteiger partial charge in [-0.25, -0.2) is 22.8 Å². The summed E-state index contributed by atoms with van der Waals surface area (Å²) in [5.74, 6) is -0.538. The second-order valence-corrected chi connectivity index (χ2v) is 9.49. The van der Waals surface area contributed by atoms with Gasteiger partial charge < -0.3 is 5.73 Å². The van der Waals surface area contributed by atoms with Crippen molar-refractivity contribution >= 4 is 55.7 Å². The molecule has 10 heteroatoms. The van der Waals surface area contributed by atoms with Gasteiger partial charge in [-0.3, -0.25) is 0 Å². The van der Waals surface area contributed by atoms with Gasteiger partial charge in [0.25, 0.3) is 0 Å². The Labute approximate surface area is 192 Å². The second-order valence-electron chi connectivity index (χ2n) is 7.17. The van der Waals surface area contributed by atoms with Crippen LogP contribution in [0.1, 0.15) is 5.56 Å². The topological polar surface area (TPSA) is 103 Å². The number of rotatable bonds is 4. The average molecular weight is 480 g/mol. The van der Waals surface area contributed by atoms with Gasteiger partial charge in [0.1, 0.15) is 22.0 Å². The number of hydrogen-bond donors (Lipinski definition) is 1. The number of fused-ring (bicyclic) bond motifs is 2. The lowest BCUT2D eigenvalue weighted by Crippen LogP contribution is -2.06. The summed E-state index contributed by atoms with van der Waals surface area (Å²) in [5, 5.41) is 4.61. The van der Waals surface area contributed by atoms with Crippen LogP contribution in [0.4, 0.5) is 10.2 Å². The maximum absolute atomic E-state index is 13.6. The van der Waals surface area contributed by atoms with Crippen LogP contribution < -0.4 is 5.73 Å². The fourth-order valence-electron chi connectivity index (χ4n) is 3.43. The minimum Gasteiger partial charge on any atom is -0.382 e. The van der Waals surface area contributed by atoms with Crippen LogP contribution in [0, 0.1) is 5.82 Å². The molecule has 0 atom stereocenters. The molecule has 5 aromatic rings. The summed E-state index contributed by atoms with van der Waals surface area (Å²) in [4.78, 5) is 8.86. The highest BCUT2D eigenvalue weighted by molar-refractivity contribution is 7.92. The molecule has 0 aliphatic rings. The molecule has 7 nitrogen and oxygen atoms in total. The molecule has 0 saturated heterocycles. The molecule has 0 aliphatic carbocycles. The average Bonchev–Trinajstić information content (AvgIpc) is 3.08. The van der Waals surface area contributed by atoms with E-state index < -0.39 is 9.84 Å². The van der Waals surface area contributed by atoms with Crippen LogP contribution in [-0.2, 0) is 9.84 Å². The lowest BCUT2D eigenvalue weighted by Gasteiger charge is -2.05. The first-order chi connectivity index (χ1) is 15.8. The molecule has 2 aromatic heterocycles. The first-order valence-electron chi connectivity index (χ1n) is 9.72. The van der Waals surface area contributed by atoms with E-state index in [1.54, 1.807) is 36.4 Å². The van der Waals surface area contributed by atoms with Gasteiger partial charge >= 0.3 is 0 Å². The van der Waals surface area contributed by atoms with Crippen molar-refractivity contribution in [2.75, 3.05) is 5.73 Å². The third-order valence-corrected chi connectivity index (χ3v) is 7.05. The van der Waals surface area contributed by atoms with Crippen molar-refractivity contribution in [1.29, 1.82) is 0 Å². The Morgan fingerprint density at radius 1 is 0.970 bits per heavy atom. The van der Waals surface area contributed by atoms with Crippen LogP contribution in [0.15, 0.2) is 87.7 Å². The van der Waals surface area contributed by atoms with Crippen molar-refractivity contribution in [3.63, 3.8) is 0 Å². The van der Waals surface area contributed by atoms with E-state index in [9.17, 15) is 12.8 Å². The van der Waals surface area contributed by atoms with Crippen LogP contribution in [0.2, 0.25) is 5.02 Å². The van der Waals surface area contributed by atoms with Gasteiger partial charge in [0, 0.05) is 5.02 Å². The van der Waals surface area contributed by atoms with Crippen LogP contribution in [0.5, 0.6) is 0 Å². The van der Waals surface area contributed by atoms with Crippen LogP contribution in [0.3, 0.4) is 0 Å². The van der Waals surface area contributed by atoms with Crippen molar-refractivity contribution in [3.05, 3.63) is 89.2 Å². The first-order valence-corrected chi connectivity index (χ1v) is 11.6. The van der Waals surface area contributed by atoms with Crippen molar-refractivity contribution in [1.82, 2.24) is 14.6 Å². The zero-order valence-electron chi connectivity index (χ0n) is 16.9. The zero-order valence-corrected chi connectivity index (χ0v) is 18.4. The van der Waals surface area contributed by atoms with Gasteiger partial charge in [-0.2, -0.15) is 9.78 Å². The summed E-state index contributed by atoms with van der Waals surface area (Å²) in [7, 11) is -4.11. The molecule has 0 saturated carbocycles. The Kier molecular flexibility index (Phi) is 5.07. The summed E-state index contributed by atoms with van der Waals surface area (Å²) in [6.07, 6.45) is 1.43. The summed E-state index contributed by atoms with van der Waals surface area (Å²) in [5.41, 5.74) is 8.23. The van der Waals surface area contributed by atoms with E-state index in [0.717, 1.165) is 0 Å². The predicted molar refractivity (Wildman–Crippen MR) is 126 cm³/mol. The number of aromatic nitrogens is 3. The maximum Gasteiger partial charge on any atom is 0.212 e. The van der Waals surface area contributed by atoms with Gasteiger partial charge in [0.15, 0.2) is 5.65 Å².